The van der Waals surface area contributed by atoms with Crippen LogP contribution in [-0.4, -0.2) is 24.4 Å². The fraction of sp³-hybridized carbons (Fsp3) is 0.667. The van der Waals surface area contributed by atoms with E-state index in [2.05, 4.69) is 7.90 Å². The molecule has 1 rings (SSSR count). The first-order valence-corrected chi connectivity index (χ1v) is 5.05. The molecule has 0 aromatic rings. The summed E-state index contributed by atoms with van der Waals surface area (Å²) in [5.74, 6) is -2.29. The van der Waals surface area contributed by atoms with E-state index in [1.165, 1.54) is 13.8 Å². The minimum absolute atomic E-state index is 0.0234. The summed E-state index contributed by atoms with van der Waals surface area (Å²) in [7, 11) is 0. The van der Waals surface area contributed by atoms with E-state index in [9.17, 15) is 9.59 Å². The molecule has 0 aromatic carbocycles. The Kier molecular flexibility index (Phi) is 3.39. The molecule has 0 saturated carbocycles. The number of carbonyl (C=O) groups excluding carboxylic acids is 2. The van der Waals surface area contributed by atoms with Gasteiger partial charge in [0.1, 0.15) is 0 Å². The van der Waals surface area contributed by atoms with Crippen LogP contribution in [0.2, 0.25) is 0 Å². The van der Waals surface area contributed by atoms with Crippen LogP contribution in [-0.2, 0) is 37.5 Å². The van der Waals surface area contributed by atoms with Crippen molar-refractivity contribution < 1.29 is 37.5 Å². The monoisotopic (exact) mass is 280 g/mol. The summed E-state index contributed by atoms with van der Waals surface area (Å²) in [5, 5.41) is 0. The van der Waals surface area contributed by atoms with Gasteiger partial charge < -0.3 is 0 Å². The number of hydrogen-bond donors (Lipinski definition) is 2. The Morgan fingerprint density at radius 1 is 1.31 bits per heavy atom. The maximum atomic E-state index is 10.7. The Labute approximate surface area is 84.1 Å². The molecular formula is C6H10N2O4Pd. The quantitative estimate of drug-likeness (QED) is 0.379. The van der Waals surface area contributed by atoms with Crippen molar-refractivity contribution in [3.8, 4) is 0 Å². The first-order chi connectivity index (χ1) is 6.04. The van der Waals surface area contributed by atoms with E-state index < -0.39 is 17.8 Å². The number of nitrogens with one attached hydrogen (secondary N) is 2. The third-order valence-electron chi connectivity index (χ3n) is 1.12. The van der Waals surface area contributed by atoms with Crippen LogP contribution in [0.5, 0.6) is 0 Å². The molecular weight excluding hydrogens is 270 g/mol. The van der Waals surface area contributed by atoms with E-state index in [0.717, 1.165) is 0 Å². The molecule has 0 aromatic heterocycles. The molecule has 1 fully saturated rings. The summed E-state index contributed by atoms with van der Waals surface area (Å²) in [4.78, 5) is 21.4. The van der Waals surface area contributed by atoms with Crippen LogP contribution in [0.25, 0.3) is 0 Å². The molecule has 1 heterocycles. The molecule has 1 aliphatic rings. The van der Waals surface area contributed by atoms with Gasteiger partial charge in [0.05, 0.1) is 0 Å². The van der Waals surface area contributed by atoms with Crippen molar-refractivity contribution in [1.82, 2.24) is 7.90 Å². The van der Waals surface area contributed by atoms with E-state index in [4.69, 9.17) is 9.47 Å². The Bertz CT molecular complexity index is 209. The van der Waals surface area contributed by atoms with E-state index in [1.54, 1.807) is 0 Å². The molecule has 78 valence electrons. The molecule has 0 atom stereocenters. The van der Waals surface area contributed by atoms with Gasteiger partial charge in [0.15, 0.2) is 0 Å². The van der Waals surface area contributed by atoms with Crippen molar-refractivity contribution in [2.75, 3.05) is 6.54 Å². The van der Waals surface area contributed by atoms with E-state index >= 15 is 0 Å². The standard InChI is InChI=1S/C6H10N2O4.Pd/c1-4(9)11-6(8,3-7)12-5(2)10;/h7-8H,3H2,1-2H3;/q-2;+2. The second-order valence-corrected chi connectivity index (χ2v) is 3.71. The molecule has 0 spiro atoms. The predicted molar refractivity (Wildman–Crippen MR) is 37.4 cm³/mol. The normalized spacial score (nSPS) is 20.2. The summed E-state index contributed by atoms with van der Waals surface area (Å²) in [6, 6.07) is 0. The third-order valence-corrected chi connectivity index (χ3v) is 2.46. The molecule has 1 saturated heterocycles. The van der Waals surface area contributed by atoms with Crippen LogP contribution in [0.15, 0.2) is 0 Å². The Hall–Kier alpha value is -0.478. The topological polar surface area (TPSA) is 76.7 Å². The SMILES string of the molecule is CC(=O)OC1(OC(C)=O)C[NH][Pd][NH]1. The summed E-state index contributed by atoms with van der Waals surface area (Å²) in [6.07, 6.45) is 0. The van der Waals surface area contributed by atoms with Crippen LogP contribution in [0, 0.1) is 0 Å². The second-order valence-electron chi connectivity index (χ2n) is 2.39. The Morgan fingerprint density at radius 2 is 1.85 bits per heavy atom. The van der Waals surface area contributed by atoms with Crippen LogP contribution in [0.1, 0.15) is 13.8 Å². The average molecular weight is 281 g/mol. The fourth-order valence-electron chi connectivity index (χ4n) is 0.807. The van der Waals surface area contributed by atoms with Gasteiger partial charge in [-0.2, -0.15) is 0 Å². The molecule has 7 heteroatoms. The van der Waals surface area contributed by atoms with Gasteiger partial charge in [-0.1, -0.05) is 0 Å². The number of esters is 2. The molecule has 6 nitrogen and oxygen atoms in total. The van der Waals surface area contributed by atoms with Crippen molar-refractivity contribution in [2.24, 2.45) is 0 Å². The molecule has 0 aliphatic carbocycles. The van der Waals surface area contributed by atoms with Crippen molar-refractivity contribution in [2.45, 2.75) is 19.8 Å². The van der Waals surface area contributed by atoms with Crippen LogP contribution < -0.4 is 7.90 Å². The zero-order valence-corrected chi connectivity index (χ0v) is 8.71. The Morgan fingerprint density at radius 3 is 2.15 bits per heavy atom. The minimum atomic E-state index is -1.30. The number of rotatable bonds is 2. The molecule has 1 aliphatic heterocycles. The van der Waals surface area contributed by atoms with Crippen LogP contribution in [0.4, 0.5) is 0 Å². The first-order valence-electron chi connectivity index (χ1n) is 3.50. The van der Waals surface area contributed by atoms with Gasteiger partial charge in [0, 0.05) is 0 Å². The van der Waals surface area contributed by atoms with Gasteiger partial charge in [-0.15, -0.1) is 0 Å². The molecule has 0 radical (unpaired) electrons. The van der Waals surface area contributed by atoms with Crippen molar-refractivity contribution in [1.29, 1.82) is 0 Å². The third kappa shape index (κ3) is 3.05. The van der Waals surface area contributed by atoms with Crippen molar-refractivity contribution >= 4 is 11.9 Å². The van der Waals surface area contributed by atoms with Crippen molar-refractivity contribution in [3.63, 3.8) is 0 Å². The number of carbonyl (C=O) groups is 2. The van der Waals surface area contributed by atoms with Gasteiger partial charge in [-0.3, -0.25) is 0 Å². The van der Waals surface area contributed by atoms with Crippen LogP contribution >= 0.6 is 0 Å². The summed E-state index contributed by atoms with van der Waals surface area (Å²) < 4.78 is 15.4. The predicted octanol–water partition coefficient (Wildman–Crippen LogP) is -1.13. The van der Waals surface area contributed by atoms with Crippen molar-refractivity contribution in [3.05, 3.63) is 0 Å². The zero-order chi connectivity index (χ0) is 9.90. The summed E-state index contributed by atoms with van der Waals surface area (Å²) >= 11 is 0.0234. The Balaban J connectivity index is 2.62. The molecule has 0 amide bonds. The molecule has 13 heavy (non-hydrogen) atoms. The fourth-order valence-corrected chi connectivity index (χ4v) is 2.04. The van der Waals surface area contributed by atoms with Gasteiger partial charge in [-0.05, 0) is 0 Å². The van der Waals surface area contributed by atoms with E-state index in [0.29, 0.717) is 0 Å². The maximum absolute atomic E-state index is 10.7. The molecule has 0 bridgehead atoms. The van der Waals surface area contributed by atoms with Gasteiger partial charge >= 0.3 is 83.7 Å². The molecule has 2 N–H and O–H groups in total. The van der Waals surface area contributed by atoms with Crippen LogP contribution in [0.3, 0.4) is 0 Å². The number of hydrogen-bond acceptors (Lipinski definition) is 6. The number of ether oxygens (including phenoxy) is 2. The van der Waals surface area contributed by atoms with E-state index in [-0.39, 0.29) is 25.0 Å². The van der Waals surface area contributed by atoms with Gasteiger partial charge in [0.2, 0.25) is 0 Å². The average Bonchev–Trinajstić information content (AvgIpc) is 2.33. The second kappa shape index (κ2) is 4.16. The zero-order valence-electron chi connectivity index (χ0n) is 7.16. The summed E-state index contributed by atoms with van der Waals surface area (Å²) in [6.45, 7) is 2.80. The summed E-state index contributed by atoms with van der Waals surface area (Å²) in [5.41, 5.74) is 0. The van der Waals surface area contributed by atoms with E-state index in [1.807, 2.05) is 0 Å². The van der Waals surface area contributed by atoms with Gasteiger partial charge in [-0.25, -0.2) is 0 Å². The first kappa shape index (κ1) is 10.6. The molecule has 0 unspecified atom stereocenters. The van der Waals surface area contributed by atoms with Gasteiger partial charge in [0.25, 0.3) is 0 Å².